The molecule has 0 saturated carbocycles. The molecule has 4 nitrogen and oxygen atoms in total. The van der Waals surface area contributed by atoms with Crippen molar-refractivity contribution in [3.8, 4) is 11.4 Å². The van der Waals surface area contributed by atoms with Crippen molar-refractivity contribution in [2.45, 2.75) is 26.3 Å². The lowest BCUT2D eigenvalue weighted by atomic mass is 10.0. The fraction of sp³-hybridized carbons (Fsp3) is 0.385. The smallest absolute Gasteiger partial charge is 0.166 e. The van der Waals surface area contributed by atoms with Gasteiger partial charge in [-0.1, -0.05) is 19.1 Å². The molecule has 2 heterocycles. The molecule has 0 spiro atoms. The van der Waals surface area contributed by atoms with Crippen LogP contribution in [0.25, 0.3) is 11.4 Å². The second-order valence-corrected chi connectivity index (χ2v) is 4.78. The Kier molecular flexibility index (Phi) is 2.35. The molecule has 3 rings (SSSR count). The van der Waals surface area contributed by atoms with Crippen molar-refractivity contribution in [2.75, 3.05) is 5.73 Å². The van der Waals surface area contributed by atoms with Gasteiger partial charge in [-0.3, -0.25) is 0 Å². The third kappa shape index (κ3) is 1.69. The van der Waals surface area contributed by atoms with Crippen molar-refractivity contribution >= 4 is 5.69 Å². The van der Waals surface area contributed by atoms with Gasteiger partial charge in [0.05, 0.1) is 0 Å². The molecular weight excluding hydrogens is 212 g/mol. The van der Waals surface area contributed by atoms with Crippen LogP contribution in [0.1, 0.15) is 19.2 Å². The Bertz CT molecular complexity index is 544. The Hall–Kier alpha value is -1.84. The first-order chi connectivity index (χ1) is 8.25. The van der Waals surface area contributed by atoms with Gasteiger partial charge >= 0.3 is 0 Å². The molecule has 4 heteroatoms. The lowest BCUT2D eigenvalue weighted by Gasteiger charge is -2.21. The van der Waals surface area contributed by atoms with Gasteiger partial charge in [-0.2, -0.15) is 0 Å². The molecule has 17 heavy (non-hydrogen) atoms. The van der Waals surface area contributed by atoms with E-state index in [2.05, 4.69) is 21.7 Å². The van der Waals surface area contributed by atoms with Crippen LogP contribution in [0.4, 0.5) is 5.69 Å². The standard InChI is InChI=1S/C13H16N4/c1-9-6-7-12-15-16-13(17(12)8-9)10-4-2-3-5-11(10)14/h2-5,9H,6-8,14H2,1H3. The van der Waals surface area contributed by atoms with Gasteiger partial charge < -0.3 is 10.3 Å². The van der Waals surface area contributed by atoms with E-state index in [1.54, 1.807) is 0 Å². The Morgan fingerprint density at radius 1 is 1.29 bits per heavy atom. The molecule has 0 amide bonds. The van der Waals surface area contributed by atoms with E-state index in [0.717, 1.165) is 35.9 Å². The third-order valence-corrected chi connectivity index (χ3v) is 3.38. The fourth-order valence-corrected chi connectivity index (χ4v) is 2.39. The molecule has 88 valence electrons. The highest BCUT2D eigenvalue weighted by Gasteiger charge is 2.21. The van der Waals surface area contributed by atoms with Gasteiger partial charge in [-0.05, 0) is 24.5 Å². The molecular formula is C13H16N4. The zero-order valence-corrected chi connectivity index (χ0v) is 9.93. The average Bonchev–Trinajstić information content (AvgIpc) is 2.72. The van der Waals surface area contributed by atoms with E-state index in [4.69, 9.17) is 5.73 Å². The van der Waals surface area contributed by atoms with Gasteiger partial charge in [0.15, 0.2) is 5.82 Å². The maximum Gasteiger partial charge on any atom is 0.166 e. The summed E-state index contributed by atoms with van der Waals surface area (Å²) in [5.74, 6) is 2.67. The van der Waals surface area contributed by atoms with Gasteiger partial charge in [-0.15, -0.1) is 10.2 Å². The molecule has 0 radical (unpaired) electrons. The topological polar surface area (TPSA) is 56.7 Å². The third-order valence-electron chi connectivity index (χ3n) is 3.38. The zero-order chi connectivity index (χ0) is 11.8. The number of nitrogens with zero attached hydrogens (tertiary/aromatic N) is 3. The summed E-state index contributed by atoms with van der Waals surface area (Å²) in [6.07, 6.45) is 2.21. The number of benzene rings is 1. The first-order valence-electron chi connectivity index (χ1n) is 6.02. The first-order valence-corrected chi connectivity index (χ1v) is 6.02. The lowest BCUT2D eigenvalue weighted by Crippen LogP contribution is -2.18. The second-order valence-electron chi connectivity index (χ2n) is 4.78. The van der Waals surface area contributed by atoms with E-state index < -0.39 is 0 Å². The largest absolute Gasteiger partial charge is 0.398 e. The van der Waals surface area contributed by atoms with Crippen LogP contribution in [0, 0.1) is 5.92 Å². The van der Waals surface area contributed by atoms with E-state index >= 15 is 0 Å². The van der Waals surface area contributed by atoms with Crippen LogP contribution < -0.4 is 5.73 Å². The van der Waals surface area contributed by atoms with E-state index in [9.17, 15) is 0 Å². The molecule has 0 saturated heterocycles. The highest BCUT2D eigenvalue weighted by atomic mass is 15.3. The number of nitrogen functional groups attached to an aromatic ring is 1. The van der Waals surface area contributed by atoms with E-state index in [0.29, 0.717) is 5.92 Å². The molecule has 0 bridgehead atoms. The van der Waals surface area contributed by atoms with Gasteiger partial charge in [0.1, 0.15) is 5.82 Å². The van der Waals surface area contributed by atoms with Crippen molar-refractivity contribution < 1.29 is 0 Å². The molecule has 0 aliphatic carbocycles. The number of aromatic nitrogens is 3. The van der Waals surface area contributed by atoms with Gasteiger partial charge in [0, 0.05) is 24.2 Å². The summed E-state index contributed by atoms with van der Waals surface area (Å²) in [4.78, 5) is 0. The maximum atomic E-state index is 6.00. The van der Waals surface area contributed by atoms with Crippen LogP contribution in [0.3, 0.4) is 0 Å². The number of hydrogen-bond acceptors (Lipinski definition) is 3. The number of rotatable bonds is 1. The number of aryl methyl sites for hydroxylation is 1. The second kappa shape index (κ2) is 3.87. The summed E-state index contributed by atoms with van der Waals surface area (Å²) < 4.78 is 2.21. The average molecular weight is 228 g/mol. The summed E-state index contributed by atoms with van der Waals surface area (Å²) in [6, 6.07) is 7.84. The molecule has 1 aliphatic rings. The van der Waals surface area contributed by atoms with Gasteiger partial charge in [0.25, 0.3) is 0 Å². The Morgan fingerprint density at radius 3 is 2.94 bits per heavy atom. The first kappa shape index (κ1) is 10.3. The van der Waals surface area contributed by atoms with E-state index in [-0.39, 0.29) is 0 Å². The zero-order valence-electron chi connectivity index (χ0n) is 9.93. The molecule has 2 aromatic rings. The Balaban J connectivity index is 2.11. The van der Waals surface area contributed by atoms with Crippen molar-refractivity contribution in [2.24, 2.45) is 5.92 Å². The summed E-state index contributed by atoms with van der Waals surface area (Å²) in [6.45, 7) is 3.26. The quantitative estimate of drug-likeness (QED) is 0.760. The summed E-state index contributed by atoms with van der Waals surface area (Å²) in [5, 5.41) is 8.56. The van der Waals surface area contributed by atoms with Crippen molar-refractivity contribution in [1.29, 1.82) is 0 Å². The fourth-order valence-electron chi connectivity index (χ4n) is 2.39. The van der Waals surface area contributed by atoms with Crippen LogP contribution in [0.2, 0.25) is 0 Å². The van der Waals surface area contributed by atoms with Crippen LogP contribution in [0.15, 0.2) is 24.3 Å². The van der Waals surface area contributed by atoms with Crippen molar-refractivity contribution in [1.82, 2.24) is 14.8 Å². The molecule has 1 aromatic carbocycles. The minimum absolute atomic E-state index is 0.683. The van der Waals surface area contributed by atoms with Crippen molar-refractivity contribution in [3.05, 3.63) is 30.1 Å². The lowest BCUT2D eigenvalue weighted by molar-refractivity contribution is 0.396. The Morgan fingerprint density at radius 2 is 2.12 bits per heavy atom. The predicted octanol–water partition coefficient (Wildman–Crippen LogP) is 2.11. The molecule has 2 N–H and O–H groups in total. The predicted molar refractivity (Wildman–Crippen MR) is 67.4 cm³/mol. The summed E-state index contributed by atoms with van der Waals surface area (Å²) in [5.41, 5.74) is 7.75. The number of hydrogen-bond donors (Lipinski definition) is 1. The number of fused-ring (bicyclic) bond motifs is 1. The van der Waals surface area contributed by atoms with Crippen LogP contribution in [0.5, 0.6) is 0 Å². The highest BCUT2D eigenvalue weighted by Crippen LogP contribution is 2.28. The van der Waals surface area contributed by atoms with E-state index in [1.165, 1.54) is 6.42 Å². The monoisotopic (exact) mass is 228 g/mol. The summed E-state index contributed by atoms with van der Waals surface area (Å²) in [7, 11) is 0. The molecule has 1 aromatic heterocycles. The normalized spacial score (nSPS) is 19.0. The molecule has 1 unspecified atom stereocenters. The highest BCUT2D eigenvalue weighted by molar-refractivity contribution is 5.71. The molecule has 1 aliphatic heterocycles. The Labute approximate surface area is 100 Å². The minimum atomic E-state index is 0.683. The van der Waals surface area contributed by atoms with Crippen LogP contribution in [-0.2, 0) is 13.0 Å². The number of para-hydroxylation sites is 1. The molecule has 0 fully saturated rings. The minimum Gasteiger partial charge on any atom is -0.398 e. The van der Waals surface area contributed by atoms with E-state index in [1.807, 2.05) is 24.3 Å². The SMILES string of the molecule is CC1CCc2nnc(-c3ccccc3N)n2C1. The van der Waals surface area contributed by atoms with Crippen LogP contribution in [-0.4, -0.2) is 14.8 Å². The maximum absolute atomic E-state index is 6.00. The van der Waals surface area contributed by atoms with Crippen LogP contribution >= 0.6 is 0 Å². The summed E-state index contributed by atoms with van der Waals surface area (Å²) >= 11 is 0. The molecule has 1 atom stereocenters. The van der Waals surface area contributed by atoms with Gasteiger partial charge in [0.2, 0.25) is 0 Å². The number of anilines is 1. The number of nitrogens with two attached hydrogens (primary N) is 1. The van der Waals surface area contributed by atoms with Gasteiger partial charge in [-0.25, -0.2) is 0 Å². The van der Waals surface area contributed by atoms with Crippen molar-refractivity contribution in [3.63, 3.8) is 0 Å².